The van der Waals surface area contributed by atoms with Crippen molar-refractivity contribution in [2.75, 3.05) is 13.2 Å². The van der Waals surface area contributed by atoms with Crippen molar-refractivity contribution in [3.05, 3.63) is 0 Å². The van der Waals surface area contributed by atoms with E-state index < -0.39 is 6.10 Å². The fourth-order valence-corrected chi connectivity index (χ4v) is 8.70. The predicted molar refractivity (Wildman–Crippen MR) is 270 cm³/mol. The average molecular weight is 892 g/mol. The Labute approximate surface area is 393 Å². The van der Waals surface area contributed by atoms with Crippen LogP contribution in [0, 0.1) is 11.8 Å². The van der Waals surface area contributed by atoms with Crippen LogP contribution in [0.1, 0.15) is 317 Å². The lowest BCUT2D eigenvalue weighted by molar-refractivity contribution is -0.167. The van der Waals surface area contributed by atoms with Crippen LogP contribution < -0.4 is 0 Å². The van der Waals surface area contributed by atoms with Gasteiger partial charge in [0.1, 0.15) is 13.2 Å². The summed E-state index contributed by atoms with van der Waals surface area (Å²) in [6.45, 7) is 11.4. The zero-order valence-corrected chi connectivity index (χ0v) is 43.2. The molecule has 0 aliphatic rings. The van der Waals surface area contributed by atoms with Crippen LogP contribution in [0.15, 0.2) is 0 Å². The molecule has 374 valence electrons. The molecule has 0 heterocycles. The van der Waals surface area contributed by atoms with Crippen molar-refractivity contribution in [1.29, 1.82) is 0 Å². The lowest BCUT2D eigenvalue weighted by Crippen LogP contribution is -2.30. The standard InChI is InChI=1S/C57H110O6/c1-6-7-8-9-10-11-27-34-39-44-49-57(60)63-54(51-62-56(59)48-43-38-33-29-24-20-22-26-31-36-41-46-53(4)5)50-61-55(58)47-42-37-32-28-23-19-17-15-13-12-14-16-18-21-25-30-35-40-45-52(2)3/h52-54H,6-51H2,1-5H3/t54-/m1/s1. The van der Waals surface area contributed by atoms with Gasteiger partial charge in [-0.2, -0.15) is 0 Å². The third kappa shape index (κ3) is 51.3. The van der Waals surface area contributed by atoms with E-state index >= 15 is 0 Å². The molecule has 0 aromatic heterocycles. The molecule has 0 aliphatic carbocycles. The maximum atomic E-state index is 12.8. The molecule has 0 rings (SSSR count). The molecule has 0 aromatic rings. The van der Waals surface area contributed by atoms with Crippen LogP contribution in [0.5, 0.6) is 0 Å². The Morgan fingerprint density at radius 3 is 0.778 bits per heavy atom. The van der Waals surface area contributed by atoms with Crippen molar-refractivity contribution in [3.8, 4) is 0 Å². The smallest absolute Gasteiger partial charge is 0.306 e. The van der Waals surface area contributed by atoms with Crippen LogP contribution in [0.2, 0.25) is 0 Å². The van der Waals surface area contributed by atoms with Gasteiger partial charge < -0.3 is 14.2 Å². The van der Waals surface area contributed by atoms with E-state index in [1.807, 2.05) is 0 Å². The first-order valence-electron chi connectivity index (χ1n) is 28.2. The van der Waals surface area contributed by atoms with Gasteiger partial charge in [-0.1, -0.05) is 279 Å². The molecule has 0 radical (unpaired) electrons. The Balaban J connectivity index is 4.19. The molecule has 0 bridgehead atoms. The van der Waals surface area contributed by atoms with E-state index in [0.717, 1.165) is 69.6 Å². The fraction of sp³-hybridized carbons (Fsp3) is 0.947. The number of rotatable bonds is 51. The average Bonchev–Trinajstić information content (AvgIpc) is 3.25. The van der Waals surface area contributed by atoms with Crippen LogP contribution in [0.4, 0.5) is 0 Å². The highest BCUT2D eigenvalue weighted by molar-refractivity contribution is 5.71. The zero-order chi connectivity index (χ0) is 46.1. The number of carbonyl (C=O) groups excluding carboxylic acids is 3. The summed E-state index contributed by atoms with van der Waals surface area (Å²) in [5.74, 6) is 0.842. The second kappa shape index (κ2) is 49.8. The second-order valence-electron chi connectivity index (χ2n) is 20.5. The van der Waals surface area contributed by atoms with Gasteiger partial charge in [0, 0.05) is 19.3 Å². The minimum atomic E-state index is -0.761. The lowest BCUT2D eigenvalue weighted by Gasteiger charge is -2.18. The first-order valence-corrected chi connectivity index (χ1v) is 28.2. The molecule has 0 fully saturated rings. The molecule has 0 aromatic carbocycles. The molecular formula is C57H110O6. The van der Waals surface area contributed by atoms with Crippen LogP contribution in [0.3, 0.4) is 0 Å². The summed E-state index contributed by atoms with van der Waals surface area (Å²) in [5.41, 5.74) is 0. The van der Waals surface area contributed by atoms with E-state index in [1.165, 1.54) is 205 Å². The first kappa shape index (κ1) is 61.4. The van der Waals surface area contributed by atoms with Gasteiger partial charge in [-0.05, 0) is 31.1 Å². The monoisotopic (exact) mass is 891 g/mol. The molecule has 0 amide bonds. The Morgan fingerprint density at radius 2 is 0.524 bits per heavy atom. The Hall–Kier alpha value is -1.59. The van der Waals surface area contributed by atoms with Gasteiger partial charge in [-0.25, -0.2) is 0 Å². The highest BCUT2D eigenvalue weighted by atomic mass is 16.6. The van der Waals surface area contributed by atoms with Gasteiger partial charge in [0.05, 0.1) is 0 Å². The molecular weight excluding hydrogens is 781 g/mol. The summed E-state index contributed by atoms with van der Waals surface area (Å²) < 4.78 is 16.8. The zero-order valence-electron chi connectivity index (χ0n) is 43.2. The van der Waals surface area contributed by atoms with Crippen LogP contribution in [-0.4, -0.2) is 37.2 Å². The summed E-state index contributed by atoms with van der Waals surface area (Å²) in [4.78, 5) is 38.0. The van der Waals surface area contributed by atoms with Crippen molar-refractivity contribution in [3.63, 3.8) is 0 Å². The molecule has 6 nitrogen and oxygen atoms in total. The Kier molecular flexibility index (Phi) is 48.6. The van der Waals surface area contributed by atoms with Crippen molar-refractivity contribution in [2.45, 2.75) is 323 Å². The van der Waals surface area contributed by atoms with E-state index in [-0.39, 0.29) is 31.1 Å². The largest absolute Gasteiger partial charge is 0.462 e. The lowest BCUT2D eigenvalue weighted by atomic mass is 10.0. The number of unbranched alkanes of at least 4 members (excludes halogenated alkanes) is 36. The predicted octanol–water partition coefficient (Wildman–Crippen LogP) is 18.5. The van der Waals surface area contributed by atoms with Crippen LogP contribution in [-0.2, 0) is 28.6 Å². The minimum absolute atomic E-state index is 0.0630. The van der Waals surface area contributed by atoms with Crippen LogP contribution in [0.25, 0.3) is 0 Å². The number of esters is 3. The molecule has 0 spiro atoms. The van der Waals surface area contributed by atoms with Crippen molar-refractivity contribution in [2.24, 2.45) is 11.8 Å². The molecule has 0 saturated carbocycles. The van der Waals surface area contributed by atoms with Crippen LogP contribution >= 0.6 is 0 Å². The summed E-state index contributed by atoms with van der Waals surface area (Å²) >= 11 is 0. The molecule has 1 atom stereocenters. The van der Waals surface area contributed by atoms with Crippen molar-refractivity contribution in [1.82, 2.24) is 0 Å². The van der Waals surface area contributed by atoms with Gasteiger partial charge in [0.15, 0.2) is 6.10 Å². The van der Waals surface area contributed by atoms with Gasteiger partial charge in [0.25, 0.3) is 0 Å². The van der Waals surface area contributed by atoms with Crippen molar-refractivity contribution >= 4 is 17.9 Å². The molecule has 63 heavy (non-hydrogen) atoms. The number of ether oxygens (including phenoxy) is 3. The number of hydrogen-bond acceptors (Lipinski definition) is 6. The summed E-state index contributed by atoms with van der Waals surface area (Å²) in [5, 5.41) is 0. The highest BCUT2D eigenvalue weighted by Gasteiger charge is 2.19. The third-order valence-electron chi connectivity index (χ3n) is 13.0. The summed E-state index contributed by atoms with van der Waals surface area (Å²) in [6, 6.07) is 0. The van der Waals surface area contributed by atoms with Gasteiger partial charge in [-0.15, -0.1) is 0 Å². The van der Waals surface area contributed by atoms with Crippen molar-refractivity contribution < 1.29 is 28.6 Å². The minimum Gasteiger partial charge on any atom is -0.462 e. The maximum absolute atomic E-state index is 12.8. The van der Waals surface area contributed by atoms with E-state index in [2.05, 4.69) is 34.6 Å². The second-order valence-corrected chi connectivity index (χ2v) is 20.5. The van der Waals surface area contributed by atoms with Gasteiger partial charge >= 0.3 is 17.9 Å². The molecule has 6 heteroatoms. The summed E-state index contributed by atoms with van der Waals surface area (Å²) in [7, 11) is 0. The number of hydrogen-bond donors (Lipinski definition) is 0. The van der Waals surface area contributed by atoms with E-state index in [9.17, 15) is 14.4 Å². The molecule has 0 N–H and O–H groups in total. The van der Waals surface area contributed by atoms with Gasteiger partial charge in [-0.3, -0.25) is 14.4 Å². The van der Waals surface area contributed by atoms with E-state index in [4.69, 9.17) is 14.2 Å². The van der Waals surface area contributed by atoms with Gasteiger partial charge in [0.2, 0.25) is 0 Å². The fourth-order valence-electron chi connectivity index (χ4n) is 8.70. The normalized spacial score (nSPS) is 12.0. The Morgan fingerprint density at radius 1 is 0.302 bits per heavy atom. The molecule has 0 unspecified atom stereocenters. The van der Waals surface area contributed by atoms with E-state index in [0.29, 0.717) is 19.3 Å². The van der Waals surface area contributed by atoms with E-state index in [1.54, 1.807) is 0 Å². The number of carbonyl (C=O) groups is 3. The highest BCUT2D eigenvalue weighted by Crippen LogP contribution is 2.18. The summed E-state index contributed by atoms with van der Waals surface area (Å²) in [6.07, 6.45) is 52.4. The SMILES string of the molecule is CCCCCCCCCCCCC(=O)O[C@H](COC(=O)CCCCCCCCCCCCCCCCCCCCC(C)C)COC(=O)CCCCCCCCCCCCCC(C)C. The molecule has 0 aliphatic heterocycles. The first-order chi connectivity index (χ1) is 30.7. The molecule has 0 saturated heterocycles. The third-order valence-corrected chi connectivity index (χ3v) is 13.0. The maximum Gasteiger partial charge on any atom is 0.306 e. The Bertz CT molecular complexity index is 962. The topological polar surface area (TPSA) is 78.9 Å². The quantitative estimate of drug-likeness (QED) is 0.0344.